The van der Waals surface area contributed by atoms with E-state index in [9.17, 15) is 5.11 Å². The second-order valence-electron chi connectivity index (χ2n) is 8.05. The molecule has 2 N–H and O–H groups in total. The van der Waals surface area contributed by atoms with E-state index in [1.807, 2.05) is 6.07 Å². The Hall–Kier alpha value is -1.68. The molecule has 0 saturated carbocycles. The minimum Gasteiger partial charge on any atom is -0.396 e. The maximum Gasteiger partial charge on any atom is 0.0635 e. The predicted molar refractivity (Wildman–Crippen MR) is 106 cm³/mol. The van der Waals surface area contributed by atoms with Crippen LogP contribution in [0.2, 0.25) is 0 Å². The van der Waals surface area contributed by atoms with E-state index in [4.69, 9.17) is 4.74 Å². The molecule has 0 unspecified atom stereocenters. The van der Waals surface area contributed by atoms with Crippen LogP contribution in [0.1, 0.15) is 37.8 Å². The summed E-state index contributed by atoms with van der Waals surface area (Å²) in [7, 11) is 0. The van der Waals surface area contributed by atoms with Crippen LogP contribution in [0.15, 0.2) is 60.7 Å². The highest BCUT2D eigenvalue weighted by Gasteiger charge is 2.46. The lowest BCUT2D eigenvalue weighted by atomic mass is 9.62. The third-order valence-corrected chi connectivity index (χ3v) is 5.70. The van der Waals surface area contributed by atoms with Crippen molar-refractivity contribution in [2.24, 2.45) is 5.92 Å². The summed E-state index contributed by atoms with van der Waals surface area (Å²) < 4.78 is 6.01. The lowest BCUT2D eigenvalue weighted by molar-refractivity contribution is -0.0991. The van der Waals surface area contributed by atoms with E-state index in [2.05, 4.69) is 73.8 Å². The molecule has 1 heterocycles. The van der Waals surface area contributed by atoms with Crippen LogP contribution in [0, 0.1) is 5.92 Å². The number of aliphatic hydroxyl groups excluding tert-OH is 1. The van der Waals surface area contributed by atoms with Gasteiger partial charge in [-0.25, -0.2) is 0 Å². The van der Waals surface area contributed by atoms with Crippen molar-refractivity contribution in [2.75, 3.05) is 19.8 Å². The Morgan fingerprint density at radius 2 is 1.69 bits per heavy atom. The number of hydrogen-bond donors (Lipinski definition) is 2. The van der Waals surface area contributed by atoms with Crippen molar-refractivity contribution in [1.29, 1.82) is 0 Å². The molecule has 26 heavy (non-hydrogen) atoms. The molecule has 3 heteroatoms. The summed E-state index contributed by atoms with van der Waals surface area (Å²) in [6.07, 6.45) is 1.86. The first kappa shape index (κ1) is 19.1. The molecule has 1 fully saturated rings. The summed E-state index contributed by atoms with van der Waals surface area (Å²) in [5.74, 6) is 0.150. The van der Waals surface area contributed by atoms with E-state index >= 15 is 0 Å². The fourth-order valence-corrected chi connectivity index (χ4v) is 4.43. The van der Waals surface area contributed by atoms with Gasteiger partial charge < -0.3 is 15.2 Å². The van der Waals surface area contributed by atoms with E-state index in [0.717, 1.165) is 32.5 Å². The van der Waals surface area contributed by atoms with Crippen LogP contribution >= 0.6 is 0 Å². The summed E-state index contributed by atoms with van der Waals surface area (Å²) in [5, 5.41) is 13.9. The zero-order valence-electron chi connectivity index (χ0n) is 15.9. The van der Waals surface area contributed by atoms with Gasteiger partial charge in [-0.05, 0) is 37.8 Å². The van der Waals surface area contributed by atoms with Crippen LogP contribution < -0.4 is 5.32 Å². The van der Waals surface area contributed by atoms with Crippen molar-refractivity contribution in [3.8, 4) is 0 Å². The van der Waals surface area contributed by atoms with Crippen molar-refractivity contribution in [3.63, 3.8) is 0 Å². The topological polar surface area (TPSA) is 41.5 Å². The summed E-state index contributed by atoms with van der Waals surface area (Å²) in [4.78, 5) is 0. The predicted octanol–water partition coefficient (Wildman–Crippen LogP) is 3.91. The van der Waals surface area contributed by atoms with Gasteiger partial charge in [0.15, 0.2) is 0 Å². The largest absolute Gasteiger partial charge is 0.396 e. The van der Waals surface area contributed by atoms with Crippen molar-refractivity contribution >= 4 is 0 Å². The molecular weight excluding hydrogens is 322 g/mol. The smallest absolute Gasteiger partial charge is 0.0635 e. The van der Waals surface area contributed by atoms with Crippen LogP contribution in [0.3, 0.4) is 0 Å². The molecule has 2 aromatic rings. The molecule has 0 spiro atoms. The number of ether oxygens (including phenoxy) is 1. The van der Waals surface area contributed by atoms with Crippen LogP contribution in [-0.2, 0) is 16.7 Å². The molecule has 0 amide bonds. The Kier molecular flexibility index (Phi) is 6.13. The Balaban J connectivity index is 1.80. The van der Waals surface area contributed by atoms with Gasteiger partial charge >= 0.3 is 0 Å². The second-order valence-corrected chi connectivity index (χ2v) is 8.05. The fourth-order valence-electron chi connectivity index (χ4n) is 4.43. The minimum absolute atomic E-state index is 0.0680. The van der Waals surface area contributed by atoms with Gasteiger partial charge in [-0.2, -0.15) is 0 Å². The van der Waals surface area contributed by atoms with Gasteiger partial charge in [0.2, 0.25) is 0 Å². The normalized spacial score (nSPS) is 23.5. The maximum absolute atomic E-state index is 10.3. The molecule has 0 aliphatic carbocycles. The van der Waals surface area contributed by atoms with E-state index < -0.39 is 0 Å². The van der Waals surface area contributed by atoms with Crippen LogP contribution in [0.4, 0.5) is 0 Å². The highest BCUT2D eigenvalue weighted by Crippen LogP contribution is 2.46. The summed E-state index contributed by atoms with van der Waals surface area (Å²) in [6, 6.07) is 21.1. The third kappa shape index (κ3) is 4.35. The lowest BCUT2D eigenvalue weighted by Crippen LogP contribution is -2.51. The lowest BCUT2D eigenvalue weighted by Gasteiger charge is -2.49. The maximum atomic E-state index is 10.3. The van der Waals surface area contributed by atoms with Gasteiger partial charge in [0.25, 0.3) is 0 Å². The standard InChI is InChI=1S/C23H31NO2/c1-22(2)18-23(13-14-26-22,20-11-7-4-8-12-20)21(17-25)16-24-15-19-9-5-3-6-10-19/h3-12,21,24-25H,13-18H2,1-2H3/t21-,23-/m0/s1. The van der Waals surface area contributed by atoms with Gasteiger partial charge in [0, 0.05) is 37.6 Å². The van der Waals surface area contributed by atoms with Gasteiger partial charge in [-0.15, -0.1) is 0 Å². The zero-order chi connectivity index (χ0) is 18.5. The van der Waals surface area contributed by atoms with E-state index in [-0.39, 0.29) is 23.5 Å². The molecule has 3 rings (SSSR count). The first-order chi connectivity index (χ1) is 12.6. The molecule has 0 aromatic heterocycles. The Labute approximate surface area is 157 Å². The van der Waals surface area contributed by atoms with Crippen LogP contribution in [-0.4, -0.2) is 30.5 Å². The zero-order valence-corrected chi connectivity index (χ0v) is 15.9. The number of hydrogen-bond acceptors (Lipinski definition) is 3. The Morgan fingerprint density at radius 1 is 1.04 bits per heavy atom. The van der Waals surface area contributed by atoms with Crippen LogP contribution in [0.25, 0.3) is 0 Å². The van der Waals surface area contributed by atoms with Crippen LogP contribution in [0.5, 0.6) is 0 Å². The van der Waals surface area contributed by atoms with Gasteiger partial charge in [0.05, 0.1) is 5.60 Å². The number of nitrogens with one attached hydrogen (secondary N) is 1. The molecule has 2 aromatic carbocycles. The molecule has 1 aliphatic heterocycles. The molecule has 2 atom stereocenters. The van der Waals surface area contributed by atoms with Crippen molar-refractivity contribution < 1.29 is 9.84 Å². The number of benzene rings is 2. The average Bonchev–Trinajstić information content (AvgIpc) is 2.66. The molecule has 3 nitrogen and oxygen atoms in total. The van der Waals surface area contributed by atoms with E-state index in [1.165, 1.54) is 11.1 Å². The molecule has 1 aliphatic rings. The minimum atomic E-state index is -0.180. The van der Waals surface area contributed by atoms with Crippen molar-refractivity contribution in [1.82, 2.24) is 5.32 Å². The highest BCUT2D eigenvalue weighted by atomic mass is 16.5. The number of rotatable bonds is 7. The van der Waals surface area contributed by atoms with E-state index in [0.29, 0.717) is 0 Å². The van der Waals surface area contributed by atoms with Gasteiger partial charge in [0.1, 0.15) is 0 Å². The highest BCUT2D eigenvalue weighted by molar-refractivity contribution is 5.28. The average molecular weight is 354 g/mol. The molecule has 0 radical (unpaired) electrons. The summed E-state index contributed by atoms with van der Waals surface area (Å²) in [6.45, 7) is 6.84. The Bertz CT molecular complexity index is 671. The summed E-state index contributed by atoms with van der Waals surface area (Å²) in [5.41, 5.74) is 2.34. The van der Waals surface area contributed by atoms with Gasteiger partial charge in [-0.3, -0.25) is 0 Å². The fraction of sp³-hybridized carbons (Fsp3) is 0.478. The quantitative estimate of drug-likeness (QED) is 0.793. The van der Waals surface area contributed by atoms with Crippen molar-refractivity contribution in [2.45, 2.75) is 44.2 Å². The van der Waals surface area contributed by atoms with E-state index in [1.54, 1.807) is 0 Å². The molecule has 140 valence electrons. The summed E-state index contributed by atoms with van der Waals surface area (Å²) >= 11 is 0. The monoisotopic (exact) mass is 353 g/mol. The molecule has 1 saturated heterocycles. The third-order valence-electron chi connectivity index (χ3n) is 5.70. The number of aliphatic hydroxyl groups is 1. The van der Waals surface area contributed by atoms with Gasteiger partial charge in [-0.1, -0.05) is 60.7 Å². The molecular formula is C23H31NO2. The van der Waals surface area contributed by atoms with Crippen molar-refractivity contribution in [3.05, 3.63) is 71.8 Å². The second kappa shape index (κ2) is 8.34. The Morgan fingerprint density at radius 3 is 2.31 bits per heavy atom. The first-order valence-corrected chi connectivity index (χ1v) is 9.61. The SMILES string of the molecule is CC1(C)C[C@@](c2ccccc2)([C@H](CO)CNCc2ccccc2)CCO1. The first-order valence-electron chi connectivity index (χ1n) is 9.61. The molecule has 0 bridgehead atoms.